The van der Waals surface area contributed by atoms with Gasteiger partial charge >= 0.3 is 5.97 Å². The van der Waals surface area contributed by atoms with Crippen LogP contribution in [0.1, 0.15) is 49.4 Å². The number of carboxylic acids is 1. The summed E-state index contributed by atoms with van der Waals surface area (Å²) in [6.07, 6.45) is 2.40. The molecule has 1 aromatic rings. The van der Waals surface area contributed by atoms with Crippen LogP contribution in [0, 0.1) is 6.92 Å². The summed E-state index contributed by atoms with van der Waals surface area (Å²) in [6, 6.07) is 0.996. The predicted octanol–water partition coefficient (Wildman–Crippen LogP) is 2.24. The molecular formula is C13H19NO5S. The third-order valence-electron chi connectivity index (χ3n) is 3.82. The van der Waals surface area contributed by atoms with E-state index >= 15 is 0 Å². The van der Waals surface area contributed by atoms with Crippen LogP contribution in [0.2, 0.25) is 0 Å². The van der Waals surface area contributed by atoms with Crippen LogP contribution in [-0.2, 0) is 10.0 Å². The van der Waals surface area contributed by atoms with E-state index in [9.17, 15) is 13.2 Å². The molecule has 2 unspecified atom stereocenters. The van der Waals surface area contributed by atoms with Gasteiger partial charge in [-0.15, -0.1) is 0 Å². The quantitative estimate of drug-likeness (QED) is 0.921. The Bertz CT molecular complexity index is 619. The summed E-state index contributed by atoms with van der Waals surface area (Å²) in [4.78, 5) is 10.9. The van der Waals surface area contributed by atoms with Crippen LogP contribution in [0.15, 0.2) is 15.4 Å². The van der Waals surface area contributed by atoms with Crippen molar-refractivity contribution in [2.75, 3.05) is 0 Å². The van der Waals surface area contributed by atoms with Gasteiger partial charge in [0.05, 0.1) is 0 Å². The number of aromatic carboxylic acids is 1. The molecule has 1 aliphatic heterocycles. The van der Waals surface area contributed by atoms with Gasteiger partial charge in [0.15, 0.2) is 0 Å². The normalized spacial score (nSPS) is 24.1. The molecule has 1 saturated heterocycles. The number of hydrogen-bond acceptors (Lipinski definition) is 4. The van der Waals surface area contributed by atoms with E-state index in [1.165, 1.54) is 11.2 Å². The van der Waals surface area contributed by atoms with Crippen molar-refractivity contribution >= 4 is 16.0 Å². The Kier molecular flexibility index (Phi) is 3.93. The van der Waals surface area contributed by atoms with E-state index in [0.717, 1.165) is 25.3 Å². The van der Waals surface area contributed by atoms with Crippen molar-refractivity contribution in [2.45, 2.75) is 57.0 Å². The number of aryl methyl sites for hydroxylation is 1. The first-order chi connectivity index (χ1) is 9.28. The van der Waals surface area contributed by atoms with Gasteiger partial charge in [-0.25, -0.2) is 13.2 Å². The highest BCUT2D eigenvalue weighted by Crippen LogP contribution is 2.34. The molecule has 112 valence electrons. The minimum Gasteiger partial charge on any atom is -0.475 e. The Labute approximate surface area is 118 Å². The van der Waals surface area contributed by atoms with E-state index in [1.54, 1.807) is 0 Å². The number of carbonyl (C=O) groups is 1. The second kappa shape index (κ2) is 5.21. The molecule has 0 spiro atoms. The molecule has 1 N–H and O–H groups in total. The average molecular weight is 301 g/mol. The van der Waals surface area contributed by atoms with Crippen LogP contribution < -0.4 is 0 Å². The SMILES string of the molecule is CCC1CCC(C)N1S(=O)(=O)c1cc(C(=O)O)oc1C. The maximum atomic E-state index is 12.7. The van der Waals surface area contributed by atoms with Crippen LogP contribution in [-0.4, -0.2) is 35.9 Å². The first kappa shape index (κ1) is 15.1. The fraction of sp³-hybridized carbons (Fsp3) is 0.615. The van der Waals surface area contributed by atoms with Gasteiger partial charge in [0.1, 0.15) is 10.7 Å². The minimum atomic E-state index is -3.72. The summed E-state index contributed by atoms with van der Waals surface area (Å²) in [5.41, 5.74) is 0. The van der Waals surface area contributed by atoms with Crippen molar-refractivity contribution in [1.29, 1.82) is 0 Å². The number of rotatable bonds is 4. The van der Waals surface area contributed by atoms with Crippen LogP contribution in [0.3, 0.4) is 0 Å². The summed E-state index contributed by atoms with van der Waals surface area (Å²) in [5.74, 6) is -1.49. The van der Waals surface area contributed by atoms with Gasteiger partial charge in [-0.2, -0.15) is 4.31 Å². The van der Waals surface area contributed by atoms with Crippen LogP contribution in [0.25, 0.3) is 0 Å². The highest BCUT2D eigenvalue weighted by molar-refractivity contribution is 7.89. The molecule has 6 nitrogen and oxygen atoms in total. The Morgan fingerprint density at radius 2 is 2.15 bits per heavy atom. The van der Waals surface area contributed by atoms with Crippen LogP contribution in [0.4, 0.5) is 0 Å². The number of carboxylic acid groups (broad SMARTS) is 1. The van der Waals surface area contributed by atoms with Crippen molar-refractivity contribution < 1.29 is 22.7 Å². The van der Waals surface area contributed by atoms with Crippen molar-refractivity contribution in [3.05, 3.63) is 17.6 Å². The molecule has 2 rings (SSSR count). The van der Waals surface area contributed by atoms with Crippen molar-refractivity contribution in [1.82, 2.24) is 4.31 Å². The molecule has 0 aromatic carbocycles. The maximum Gasteiger partial charge on any atom is 0.371 e. The second-order valence-corrected chi connectivity index (χ2v) is 6.97. The highest BCUT2D eigenvalue weighted by atomic mass is 32.2. The number of sulfonamides is 1. The van der Waals surface area contributed by atoms with Crippen molar-refractivity contribution in [2.24, 2.45) is 0 Å². The summed E-state index contributed by atoms with van der Waals surface area (Å²) in [7, 11) is -3.72. The molecule has 1 aliphatic rings. The molecule has 7 heteroatoms. The first-order valence-corrected chi connectivity index (χ1v) is 8.10. The van der Waals surface area contributed by atoms with Crippen molar-refractivity contribution in [3.8, 4) is 0 Å². The molecule has 0 aliphatic carbocycles. The fourth-order valence-corrected chi connectivity index (χ4v) is 4.92. The molecule has 0 amide bonds. The highest BCUT2D eigenvalue weighted by Gasteiger charge is 2.41. The third-order valence-corrected chi connectivity index (χ3v) is 6.00. The zero-order chi connectivity index (χ0) is 15.1. The Hall–Kier alpha value is -1.34. The minimum absolute atomic E-state index is 0.0300. The Balaban J connectivity index is 2.47. The molecule has 20 heavy (non-hydrogen) atoms. The summed E-state index contributed by atoms with van der Waals surface area (Å²) < 4.78 is 32.0. The van der Waals surface area contributed by atoms with Gasteiger partial charge in [-0.1, -0.05) is 6.92 Å². The maximum absolute atomic E-state index is 12.7. The Morgan fingerprint density at radius 3 is 2.65 bits per heavy atom. The van der Waals surface area contributed by atoms with Crippen LogP contribution in [0.5, 0.6) is 0 Å². The van der Waals surface area contributed by atoms with Crippen molar-refractivity contribution in [3.63, 3.8) is 0 Å². The molecule has 0 bridgehead atoms. The van der Waals surface area contributed by atoms with E-state index in [0.29, 0.717) is 0 Å². The molecule has 1 aromatic heterocycles. The largest absolute Gasteiger partial charge is 0.475 e. The molecule has 0 radical (unpaired) electrons. The van der Waals surface area contributed by atoms with E-state index in [1.807, 2.05) is 13.8 Å². The first-order valence-electron chi connectivity index (χ1n) is 6.66. The summed E-state index contributed by atoms with van der Waals surface area (Å²) in [6.45, 7) is 5.30. The van der Waals surface area contributed by atoms with Gasteiger partial charge in [0.25, 0.3) is 0 Å². The number of nitrogens with zero attached hydrogens (tertiary/aromatic N) is 1. The van der Waals surface area contributed by atoms with Gasteiger partial charge in [-0.05, 0) is 33.1 Å². The third kappa shape index (κ3) is 2.35. The lowest BCUT2D eigenvalue weighted by Gasteiger charge is -2.26. The average Bonchev–Trinajstić information content (AvgIpc) is 2.92. The zero-order valence-corrected chi connectivity index (χ0v) is 12.6. The smallest absolute Gasteiger partial charge is 0.371 e. The lowest BCUT2D eigenvalue weighted by Crippen LogP contribution is -2.39. The monoisotopic (exact) mass is 301 g/mol. The Morgan fingerprint density at radius 1 is 1.50 bits per heavy atom. The van der Waals surface area contributed by atoms with E-state index in [-0.39, 0.29) is 28.5 Å². The van der Waals surface area contributed by atoms with Gasteiger partial charge in [0.2, 0.25) is 15.8 Å². The molecular weight excluding hydrogens is 282 g/mol. The van der Waals surface area contributed by atoms with E-state index in [4.69, 9.17) is 9.52 Å². The standard InChI is InChI=1S/C13H19NO5S/c1-4-10-6-5-8(2)14(10)20(17,18)12-7-11(13(15)16)19-9(12)3/h7-8,10H,4-6H2,1-3H3,(H,15,16). The summed E-state index contributed by atoms with van der Waals surface area (Å²) >= 11 is 0. The van der Waals surface area contributed by atoms with Gasteiger partial charge < -0.3 is 9.52 Å². The molecule has 1 fully saturated rings. The second-order valence-electron chi connectivity index (χ2n) is 5.16. The van der Waals surface area contributed by atoms with E-state index in [2.05, 4.69) is 0 Å². The predicted molar refractivity (Wildman–Crippen MR) is 72.2 cm³/mol. The molecule has 2 atom stereocenters. The lowest BCUT2D eigenvalue weighted by atomic mass is 10.2. The van der Waals surface area contributed by atoms with Gasteiger partial charge in [-0.3, -0.25) is 0 Å². The molecule has 2 heterocycles. The number of hydrogen-bond donors (Lipinski definition) is 1. The lowest BCUT2D eigenvalue weighted by molar-refractivity contribution is 0.0661. The summed E-state index contributed by atoms with van der Waals surface area (Å²) in [5, 5.41) is 8.90. The van der Waals surface area contributed by atoms with E-state index < -0.39 is 16.0 Å². The van der Waals surface area contributed by atoms with Gasteiger partial charge in [0, 0.05) is 18.2 Å². The topological polar surface area (TPSA) is 87.8 Å². The number of furan rings is 1. The van der Waals surface area contributed by atoms with Crippen LogP contribution >= 0.6 is 0 Å². The molecule has 0 saturated carbocycles. The fourth-order valence-electron chi connectivity index (χ4n) is 2.81. The zero-order valence-electron chi connectivity index (χ0n) is 11.8.